The summed E-state index contributed by atoms with van der Waals surface area (Å²) < 4.78 is 0. The summed E-state index contributed by atoms with van der Waals surface area (Å²) in [5, 5.41) is 118. The Hall–Kier alpha value is 1.05. The van der Waals surface area contributed by atoms with E-state index in [1.54, 1.807) is 0 Å². The van der Waals surface area contributed by atoms with E-state index in [1.807, 2.05) is 0 Å². The Labute approximate surface area is 169 Å². The third-order valence-electron chi connectivity index (χ3n) is 0. The molecule has 0 fully saturated rings. The van der Waals surface area contributed by atoms with Crippen molar-refractivity contribution in [2.75, 3.05) is 0 Å². The maximum absolute atomic E-state index is 8.42. The third-order valence-corrected chi connectivity index (χ3v) is 0. The van der Waals surface area contributed by atoms with Crippen molar-refractivity contribution in [3.8, 4) is 0 Å². The van der Waals surface area contributed by atoms with Crippen LogP contribution in [0.4, 0.5) is 4.79 Å². The van der Waals surface area contributed by atoms with E-state index < -0.39 is 35.4 Å². The van der Waals surface area contributed by atoms with E-state index in [0.717, 1.165) is 0 Å². The van der Waals surface area contributed by atoms with Crippen LogP contribution in [0.2, 0.25) is 0 Å². The van der Waals surface area contributed by atoms with Gasteiger partial charge in [0.1, 0.15) is 0 Å². The molecular formula is CB4Na2O15-12. The van der Waals surface area contributed by atoms with Gasteiger partial charge < -0.3 is 75.3 Å². The minimum Gasteiger partial charge on any atom is -0.907 e. The first-order valence-electron chi connectivity index (χ1n) is 3.44. The standard InChI is InChI=1S/CH2O3.4BO3.2Na/c5*2-1(3)4;;/h(H2,2,3,4);;;;;;/q;4*-3;2*+1/p-2. The maximum Gasteiger partial charge on any atom is 1.00 e. The normalized spacial score (nSPS) is 6.00. The minimum atomic E-state index is -2.92. The molecule has 0 aromatic heterocycles. The molecule has 22 heavy (non-hydrogen) atoms. The van der Waals surface area contributed by atoms with Crippen LogP contribution in [0.5, 0.6) is 0 Å². The van der Waals surface area contributed by atoms with Gasteiger partial charge in [0.2, 0.25) is 0 Å². The predicted molar refractivity (Wildman–Crippen MR) is 28.4 cm³/mol. The van der Waals surface area contributed by atoms with Crippen LogP contribution in [0.15, 0.2) is 0 Å². The van der Waals surface area contributed by atoms with Gasteiger partial charge in [0.05, 0.1) is 0 Å². The number of rotatable bonds is 0. The van der Waals surface area contributed by atoms with Crippen molar-refractivity contribution in [2.24, 2.45) is 0 Å². The molecule has 0 saturated carbocycles. The molecule has 0 atom stereocenters. The Kier molecular flexibility index (Phi) is 75.0. The second-order valence-corrected chi connectivity index (χ2v) is 1.40. The largest absolute Gasteiger partial charge is 1.00 e. The molecule has 0 heterocycles. The molecule has 0 unspecified atom stereocenters. The first kappa shape index (κ1) is 43.5. The zero-order valence-corrected chi connectivity index (χ0v) is 14.9. The van der Waals surface area contributed by atoms with Crippen molar-refractivity contribution in [3.05, 3.63) is 0 Å². The molecular weight excluding hydrogens is 341 g/mol. The summed E-state index contributed by atoms with van der Waals surface area (Å²) >= 11 is 0. The van der Waals surface area contributed by atoms with Crippen LogP contribution >= 0.6 is 0 Å². The van der Waals surface area contributed by atoms with Gasteiger partial charge in [-0.25, -0.2) is 0 Å². The van der Waals surface area contributed by atoms with Gasteiger partial charge >= 0.3 is 59.1 Å². The zero-order valence-electron chi connectivity index (χ0n) is 10.9. The van der Waals surface area contributed by atoms with Crippen LogP contribution in [0.1, 0.15) is 0 Å². The van der Waals surface area contributed by atoms with Gasteiger partial charge in [0.15, 0.2) is 0 Å². The van der Waals surface area contributed by atoms with Gasteiger partial charge in [-0.05, 0) is 6.16 Å². The number of carbonyl (C=O) groups is 1. The summed E-state index contributed by atoms with van der Waals surface area (Å²) in [6.07, 6.45) is -2.33. The van der Waals surface area contributed by atoms with E-state index in [2.05, 4.69) is 0 Å². The van der Waals surface area contributed by atoms with Gasteiger partial charge in [-0.1, -0.05) is 0 Å². The zero-order chi connectivity index (χ0) is 17.9. The smallest absolute Gasteiger partial charge is 0.907 e. The van der Waals surface area contributed by atoms with E-state index in [4.69, 9.17) is 75.3 Å². The fraction of sp³-hybridized carbons (Fsp3) is 0. The Morgan fingerprint density at radius 1 is 0.455 bits per heavy atom. The minimum absolute atomic E-state index is 0. The SMILES string of the molecule is O=C([O-])[O-].[Na+].[Na+].[O-]B([O-])[O-].[O-]B([O-])[O-].[O-]B([O-])[O-].[O-]B([O-])[O-]. The molecule has 0 aromatic rings. The van der Waals surface area contributed by atoms with Crippen LogP contribution in [-0.2, 0) is 0 Å². The molecule has 0 bridgehead atoms. The Balaban J connectivity index is -0.0000000250. The summed E-state index contributed by atoms with van der Waals surface area (Å²) in [6.45, 7) is 0. The Morgan fingerprint density at radius 2 is 0.455 bits per heavy atom. The monoisotopic (exact) mass is 342 g/mol. The molecule has 0 spiro atoms. The summed E-state index contributed by atoms with van der Waals surface area (Å²) in [6, 6.07) is 0. The van der Waals surface area contributed by atoms with Crippen LogP contribution in [-0.4, -0.2) is 35.4 Å². The molecule has 0 aliphatic heterocycles. The van der Waals surface area contributed by atoms with E-state index >= 15 is 0 Å². The van der Waals surface area contributed by atoms with Gasteiger partial charge in [0.25, 0.3) is 0 Å². The Morgan fingerprint density at radius 3 is 0.455 bits per heavy atom. The maximum atomic E-state index is 8.42. The molecule has 0 radical (unpaired) electrons. The topological polar surface area (TPSA) is 340 Å². The predicted octanol–water partition coefficient (Wildman–Crippen LogP) is -24.2. The van der Waals surface area contributed by atoms with Crippen molar-refractivity contribution in [1.29, 1.82) is 0 Å². The van der Waals surface area contributed by atoms with Crippen molar-refractivity contribution < 1.29 is 134 Å². The molecule has 0 rings (SSSR count). The van der Waals surface area contributed by atoms with Crippen molar-refractivity contribution in [1.82, 2.24) is 0 Å². The average molecular weight is 341 g/mol. The third kappa shape index (κ3) is 7680. The first-order valence-corrected chi connectivity index (χ1v) is 3.44. The average Bonchev–Trinajstić information content (AvgIpc) is 1.94. The summed E-state index contributed by atoms with van der Waals surface area (Å²) in [7, 11) is -11.7. The van der Waals surface area contributed by atoms with Crippen LogP contribution in [0, 0.1) is 0 Å². The molecule has 0 N–H and O–H groups in total. The Bertz CT molecular complexity index is 129. The molecule has 0 amide bonds. The van der Waals surface area contributed by atoms with Gasteiger partial charge in [-0.15, -0.1) is 0 Å². The van der Waals surface area contributed by atoms with Crippen molar-refractivity contribution >= 4 is 35.4 Å². The fourth-order valence-electron chi connectivity index (χ4n) is 0. The van der Waals surface area contributed by atoms with Crippen LogP contribution in [0.3, 0.4) is 0 Å². The number of carboxylic acid groups (broad SMARTS) is 2. The van der Waals surface area contributed by atoms with Crippen LogP contribution < -0.4 is 130 Å². The van der Waals surface area contributed by atoms with Crippen molar-refractivity contribution in [3.63, 3.8) is 0 Å². The second kappa shape index (κ2) is 37.9. The van der Waals surface area contributed by atoms with Gasteiger partial charge in [-0.3, -0.25) is 29.3 Å². The van der Waals surface area contributed by atoms with Crippen molar-refractivity contribution in [2.45, 2.75) is 0 Å². The molecule has 15 nitrogen and oxygen atoms in total. The molecule has 120 valence electrons. The fourth-order valence-corrected chi connectivity index (χ4v) is 0. The molecule has 0 saturated heterocycles. The summed E-state index contributed by atoms with van der Waals surface area (Å²) in [5.74, 6) is 0. The molecule has 21 heteroatoms. The number of hydrogen-bond donors (Lipinski definition) is 0. The molecule has 0 aliphatic carbocycles. The van der Waals surface area contributed by atoms with Gasteiger partial charge in [0, 0.05) is 0 Å². The van der Waals surface area contributed by atoms with Crippen LogP contribution in [0.25, 0.3) is 0 Å². The number of hydrogen-bond acceptors (Lipinski definition) is 15. The second-order valence-electron chi connectivity index (χ2n) is 1.40. The van der Waals surface area contributed by atoms with E-state index in [-0.39, 0.29) is 59.1 Å². The molecule has 0 aromatic carbocycles. The summed E-state index contributed by atoms with van der Waals surface area (Å²) in [4.78, 5) is 8.33. The molecule has 0 aliphatic rings. The van der Waals surface area contributed by atoms with E-state index in [0.29, 0.717) is 0 Å². The van der Waals surface area contributed by atoms with Gasteiger partial charge in [-0.2, -0.15) is 0 Å². The quantitative estimate of drug-likeness (QED) is 0.368. The van der Waals surface area contributed by atoms with E-state index in [1.165, 1.54) is 0 Å². The first-order chi connectivity index (χ1) is 8.66. The summed E-state index contributed by atoms with van der Waals surface area (Å²) in [5.41, 5.74) is 0. The number of carbonyl (C=O) groups excluding carboxylic acids is 1. The van der Waals surface area contributed by atoms with E-state index in [9.17, 15) is 0 Å².